The maximum atomic E-state index is 12.1. The summed E-state index contributed by atoms with van der Waals surface area (Å²) in [7, 11) is 0. The molecule has 1 aliphatic heterocycles. The van der Waals surface area contributed by atoms with E-state index in [4.69, 9.17) is 4.74 Å². The lowest BCUT2D eigenvalue weighted by atomic mass is 10.2. The normalized spacial score (nSPS) is 16.6. The number of thiophene rings is 1. The van der Waals surface area contributed by atoms with Gasteiger partial charge in [-0.3, -0.25) is 9.69 Å². The zero-order chi connectivity index (χ0) is 18.5. The molecule has 7 nitrogen and oxygen atoms in total. The number of hydrogen-bond donors (Lipinski definition) is 2. The fourth-order valence-electron chi connectivity index (χ4n) is 3.11. The van der Waals surface area contributed by atoms with Crippen LogP contribution in [-0.4, -0.2) is 66.2 Å². The summed E-state index contributed by atoms with van der Waals surface area (Å²) in [5.41, 5.74) is 1.21. The van der Waals surface area contributed by atoms with Crippen LogP contribution in [0, 0.1) is 13.8 Å². The highest BCUT2D eigenvalue weighted by Crippen LogP contribution is 2.32. The molecule has 2 aromatic rings. The van der Waals surface area contributed by atoms with E-state index in [2.05, 4.69) is 46.3 Å². The first-order chi connectivity index (χ1) is 12.6. The van der Waals surface area contributed by atoms with Crippen LogP contribution in [0.2, 0.25) is 0 Å². The van der Waals surface area contributed by atoms with Gasteiger partial charge >= 0.3 is 0 Å². The van der Waals surface area contributed by atoms with Gasteiger partial charge in [0.25, 0.3) is 0 Å². The summed E-state index contributed by atoms with van der Waals surface area (Å²) >= 11 is 1.67. The molecule has 1 amide bonds. The Labute approximate surface area is 158 Å². The van der Waals surface area contributed by atoms with Gasteiger partial charge < -0.3 is 15.4 Å². The number of anilines is 1. The van der Waals surface area contributed by atoms with Crippen molar-refractivity contribution in [3.63, 3.8) is 0 Å². The third-order valence-corrected chi connectivity index (χ3v) is 5.99. The van der Waals surface area contributed by atoms with E-state index in [1.165, 1.54) is 10.4 Å². The van der Waals surface area contributed by atoms with Crippen LogP contribution in [0.1, 0.15) is 23.8 Å². The molecule has 0 saturated carbocycles. The predicted octanol–water partition coefficient (Wildman–Crippen LogP) is 1.95. The van der Waals surface area contributed by atoms with Gasteiger partial charge in [0.2, 0.25) is 5.91 Å². The highest BCUT2D eigenvalue weighted by molar-refractivity contribution is 7.18. The Morgan fingerprint density at radius 1 is 1.35 bits per heavy atom. The summed E-state index contributed by atoms with van der Waals surface area (Å²) < 4.78 is 5.36. The molecule has 0 aliphatic carbocycles. The van der Waals surface area contributed by atoms with Crippen molar-refractivity contribution in [1.29, 1.82) is 0 Å². The Morgan fingerprint density at radius 2 is 2.12 bits per heavy atom. The molecule has 1 atom stereocenters. The number of amides is 1. The van der Waals surface area contributed by atoms with Crippen molar-refractivity contribution >= 4 is 33.3 Å². The Bertz CT molecular complexity index is 757. The second kappa shape index (κ2) is 8.75. The second-order valence-electron chi connectivity index (χ2n) is 6.66. The molecular weight excluding hydrogens is 350 g/mol. The molecule has 26 heavy (non-hydrogen) atoms. The number of hydrogen-bond acceptors (Lipinski definition) is 7. The largest absolute Gasteiger partial charge is 0.379 e. The number of carbonyl (C=O) groups excluding carboxylic acids is 1. The minimum Gasteiger partial charge on any atom is -0.379 e. The molecule has 142 valence electrons. The molecule has 0 spiro atoms. The molecule has 1 fully saturated rings. The summed E-state index contributed by atoms with van der Waals surface area (Å²) in [6, 6.07) is 0.328. The first-order valence-corrected chi connectivity index (χ1v) is 9.91. The first kappa shape index (κ1) is 19.0. The van der Waals surface area contributed by atoms with Crippen LogP contribution in [0.5, 0.6) is 0 Å². The topological polar surface area (TPSA) is 79.4 Å². The Balaban J connectivity index is 1.45. The van der Waals surface area contributed by atoms with Crippen LogP contribution in [0.25, 0.3) is 10.2 Å². The fourth-order valence-corrected chi connectivity index (χ4v) is 4.10. The SMILES string of the molecule is Cc1sc2ncnc(NCCC(=O)NCC(C)N3CCOCC3)c2c1C. The van der Waals surface area contributed by atoms with E-state index < -0.39 is 0 Å². The summed E-state index contributed by atoms with van der Waals surface area (Å²) in [6.07, 6.45) is 1.99. The van der Waals surface area contributed by atoms with Crippen molar-refractivity contribution in [3.8, 4) is 0 Å². The van der Waals surface area contributed by atoms with Gasteiger partial charge in [0, 0.05) is 43.5 Å². The number of ether oxygens (including phenoxy) is 1. The van der Waals surface area contributed by atoms with Crippen molar-refractivity contribution in [2.45, 2.75) is 33.2 Å². The average Bonchev–Trinajstić information content (AvgIpc) is 2.95. The monoisotopic (exact) mass is 377 g/mol. The molecule has 2 N–H and O–H groups in total. The Hall–Kier alpha value is -1.77. The van der Waals surface area contributed by atoms with Crippen LogP contribution in [-0.2, 0) is 9.53 Å². The van der Waals surface area contributed by atoms with Crippen LogP contribution in [0.4, 0.5) is 5.82 Å². The van der Waals surface area contributed by atoms with Gasteiger partial charge in [0.1, 0.15) is 17.0 Å². The zero-order valence-electron chi connectivity index (χ0n) is 15.7. The average molecular weight is 378 g/mol. The van der Waals surface area contributed by atoms with Gasteiger partial charge in [-0.2, -0.15) is 0 Å². The van der Waals surface area contributed by atoms with Crippen molar-refractivity contribution < 1.29 is 9.53 Å². The van der Waals surface area contributed by atoms with Crippen molar-refractivity contribution in [2.75, 3.05) is 44.7 Å². The van der Waals surface area contributed by atoms with E-state index in [0.717, 1.165) is 42.3 Å². The number of carbonyl (C=O) groups is 1. The minimum absolute atomic E-state index is 0.0566. The summed E-state index contributed by atoms with van der Waals surface area (Å²) in [6.45, 7) is 11.0. The molecule has 3 rings (SSSR count). The number of aromatic nitrogens is 2. The van der Waals surface area contributed by atoms with E-state index in [-0.39, 0.29) is 5.91 Å². The van der Waals surface area contributed by atoms with Gasteiger partial charge in [-0.1, -0.05) is 0 Å². The minimum atomic E-state index is 0.0566. The van der Waals surface area contributed by atoms with Crippen LogP contribution < -0.4 is 10.6 Å². The second-order valence-corrected chi connectivity index (χ2v) is 7.87. The Morgan fingerprint density at radius 3 is 2.88 bits per heavy atom. The highest BCUT2D eigenvalue weighted by Gasteiger charge is 2.17. The van der Waals surface area contributed by atoms with Crippen LogP contribution in [0.15, 0.2) is 6.33 Å². The molecule has 0 bridgehead atoms. The number of aryl methyl sites for hydroxylation is 2. The number of morpholine rings is 1. The number of fused-ring (bicyclic) bond motifs is 1. The number of nitrogens with one attached hydrogen (secondary N) is 2. The van der Waals surface area contributed by atoms with Gasteiger partial charge in [0.15, 0.2) is 0 Å². The lowest BCUT2D eigenvalue weighted by Crippen LogP contribution is -2.47. The van der Waals surface area contributed by atoms with E-state index in [1.807, 2.05) is 0 Å². The number of nitrogens with zero attached hydrogens (tertiary/aromatic N) is 3. The fraction of sp³-hybridized carbons (Fsp3) is 0.611. The Kier molecular flexibility index (Phi) is 6.39. The highest BCUT2D eigenvalue weighted by atomic mass is 32.1. The molecule has 0 aromatic carbocycles. The molecule has 1 unspecified atom stereocenters. The van der Waals surface area contributed by atoms with E-state index in [9.17, 15) is 4.79 Å². The van der Waals surface area contributed by atoms with Gasteiger partial charge in [0.05, 0.1) is 18.6 Å². The lowest BCUT2D eigenvalue weighted by molar-refractivity contribution is -0.121. The summed E-state index contributed by atoms with van der Waals surface area (Å²) in [5, 5.41) is 7.38. The lowest BCUT2D eigenvalue weighted by Gasteiger charge is -2.32. The zero-order valence-corrected chi connectivity index (χ0v) is 16.5. The molecule has 1 saturated heterocycles. The van der Waals surface area contributed by atoms with Gasteiger partial charge in [-0.25, -0.2) is 9.97 Å². The number of rotatable bonds is 7. The van der Waals surface area contributed by atoms with Crippen molar-refractivity contribution in [2.24, 2.45) is 0 Å². The summed E-state index contributed by atoms with van der Waals surface area (Å²) in [5.74, 6) is 0.868. The summed E-state index contributed by atoms with van der Waals surface area (Å²) in [4.78, 5) is 25.4. The maximum Gasteiger partial charge on any atom is 0.221 e. The molecule has 8 heteroatoms. The third kappa shape index (κ3) is 4.49. The molecule has 2 aromatic heterocycles. The standard InChI is InChI=1S/C18H27N5O2S/c1-12(23-6-8-25-9-7-23)10-20-15(24)4-5-19-17-16-13(2)14(3)26-18(16)22-11-21-17/h11-12H,4-10H2,1-3H3,(H,20,24)(H,19,21,22). The molecular formula is C18H27N5O2S. The van der Waals surface area contributed by atoms with Crippen molar-refractivity contribution in [3.05, 3.63) is 16.8 Å². The van der Waals surface area contributed by atoms with E-state index >= 15 is 0 Å². The molecule has 0 radical (unpaired) electrons. The first-order valence-electron chi connectivity index (χ1n) is 9.09. The maximum absolute atomic E-state index is 12.1. The van der Waals surface area contributed by atoms with E-state index in [1.54, 1.807) is 17.7 Å². The third-order valence-electron chi connectivity index (χ3n) is 4.87. The van der Waals surface area contributed by atoms with Crippen molar-refractivity contribution in [1.82, 2.24) is 20.2 Å². The molecule has 3 heterocycles. The van der Waals surface area contributed by atoms with Crippen LogP contribution in [0.3, 0.4) is 0 Å². The predicted molar refractivity (Wildman–Crippen MR) is 105 cm³/mol. The smallest absolute Gasteiger partial charge is 0.221 e. The van der Waals surface area contributed by atoms with E-state index in [0.29, 0.717) is 25.6 Å². The van der Waals surface area contributed by atoms with Gasteiger partial charge in [-0.05, 0) is 26.3 Å². The quantitative estimate of drug-likeness (QED) is 0.768. The van der Waals surface area contributed by atoms with Gasteiger partial charge in [-0.15, -0.1) is 11.3 Å². The van der Waals surface area contributed by atoms with Crippen LogP contribution >= 0.6 is 11.3 Å². The molecule has 1 aliphatic rings.